The third-order valence-electron chi connectivity index (χ3n) is 3.94. The van der Waals surface area contributed by atoms with Crippen LogP contribution in [0.25, 0.3) is 0 Å². The summed E-state index contributed by atoms with van der Waals surface area (Å²) in [7, 11) is 0. The number of morpholine rings is 1. The van der Waals surface area contributed by atoms with E-state index in [0.29, 0.717) is 5.92 Å². The molecule has 1 aromatic heterocycles. The Morgan fingerprint density at radius 3 is 2.70 bits per heavy atom. The molecule has 110 valence electrons. The second-order valence-electron chi connectivity index (χ2n) is 6.33. The Morgan fingerprint density at radius 1 is 1.35 bits per heavy atom. The van der Waals surface area contributed by atoms with Crippen molar-refractivity contribution in [3.8, 4) is 0 Å². The summed E-state index contributed by atoms with van der Waals surface area (Å²) in [5.74, 6) is 8.77. The Kier molecular flexibility index (Phi) is 3.30. The second kappa shape index (κ2) is 4.86. The molecule has 0 aromatic carbocycles. The first-order chi connectivity index (χ1) is 9.50. The molecule has 1 saturated carbocycles. The maximum atomic E-state index is 5.78. The third kappa shape index (κ3) is 2.58. The highest BCUT2D eigenvalue weighted by molar-refractivity contribution is 5.59. The topological polar surface area (TPSA) is 76.3 Å². The lowest BCUT2D eigenvalue weighted by Gasteiger charge is -2.39. The SMILES string of the molecule is Cc1c(NN)nc(C2CC2)nc1N1CCOC(C)(C)C1. The van der Waals surface area contributed by atoms with E-state index in [0.717, 1.165) is 42.7 Å². The second-order valence-corrected chi connectivity index (χ2v) is 6.33. The molecule has 3 rings (SSSR count). The number of hydrogen-bond donors (Lipinski definition) is 2. The molecule has 2 fully saturated rings. The number of nitrogen functional groups attached to an aromatic ring is 1. The fourth-order valence-electron chi connectivity index (χ4n) is 2.69. The number of nitrogens with zero attached hydrogens (tertiary/aromatic N) is 3. The standard InChI is InChI=1S/C14H23N5O/c1-9-11(18-15)16-12(10-4-5-10)17-13(9)19-6-7-20-14(2,3)8-19/h10H,4-8,15H2,1-3H3,(H,16,17,18). The van der Waals surface area contributed by atoms with Gasteiger partial charge in [-0.3, -0.25) is 0 Å². The maximum Gasteiger partial charge on any atom is 0.148 e. The molecule has 6 nitrogen and oxygen atoms in total. The largest absolute Gasteiger partial charge is 0.372 e. The molecule has 2 aliphatic rings. The van der Waals surface area contributed by atoms with E-state index in [1.165, 1.54) is 12.8 Å². The van der Waals surface area contributed by atoms with Crippen LogP contribution in [-0.4, -0.2) is 35.3 Å². The number of rotatable bonds is 3. The van der Waals surface area contributed by atoms with Crippen LogP contribution in [0.4, 0.5) is 11.6 Å². The Balaban J connectivity index is 1.96. The summed E-state index contributed by atoms with van der Waals surface area (Å²) in [6, 6.07) is 0. The number of aromatic nitrogens is 2. The van der Waals surface area contributed by atoms with Crippen molar-refractivity contribution in [3.63, 3.8) is 0 Å². The van der Waals surface area contributed by atoms with Crippen LogP contribution in [0.15, 0.2) is 0 Å². The first kappa shape index (κ1) is 13.6. The molecule has 0 radical (unpaired) electrons. The number of anilines is 2. The van der Waals surface area contributed by atoms with Gasteiger partial charge in [-0.25, -0.2) is 15.8 Å². The van der Waals surface area contributed by atoms with Gasteiger partial charge in [-0.1, -0.05) is 0 Å². The molecule has 1 saturated heterocycles. The summed E-state index contributed by atoms with van der Waals surface area (Å²) in [6.07, 6.45) is 2.36. The van der Waals surface area contributed by atoms with Gasteiger partial charge in [0.05, 0.1) is 12.2 Å². The smallest absolute Gasteiger partial charge is 0.148 e. The van der Waals surface area contributed by atoms with Crippen LogP contribution in [0.3, 0.4) is 0 Å². The number of nitrogens with one attached hydrogen (secondary N) is 1. The van der Waals surface area contributed by atoms with Crippen molar-refractivity contribution < 1.29 is 4.74 Å². The van der Waals surface area contributed by atoms with E-state index in [1.807, 2.05) is 6.92 Å². The van der Waals surface area contributed by atoms with Crippen LogP contribution < -0.4 is 16.2 Å². The van der Waals surface area contributed by atoms with Gasteiger partial charge in [-0.05, 0) is 33.6 Å². The van der Waals surface area contributed by atoms with E-state index in [-0.39, 0.29) is 5.60 Å². The molecule has 1 aliphatic heterocycles. The summed E-state index contributed by atoms with van der Waals surface area (Å²) in [5.41, 5.74) is 3.57. The fraction of sp³-hybridized carbons (Fsp3) is 0.714. The lowest BCUT2D eigenvalue weighted by atomic mass is 10.1. The van der Waals surface area contributed by atoms with Crippen molar-refractivity contribution in [2.75, 3.05) is 30.0 Å². The van der Waals surface area contributed by atoms with Crippen LogP contribution in [0.5, 0.6) is 0 Å². The summed E-state index contributed by atoms with van der Waals surface area (Å²) in [6.45, 7) is 8.65. The van der Waals surface area contributed by atoms with Gasteiger partial charge in [0.25, 0.3) is 0 Å². The minimum absolute atomic E-state index is 0.147. The van der Waals surface area contributed by atoms with Gasteiger partial charge in [0.15, 0.2) is 0 Å². The summed E-state index contributed by atoms with van der Waals surface area (Å²) >= 11 is 0. The van der Waals surface area contributed by atoms with Gasteiger partial charge >= 0.3 is 0 Å². The quantitative estimate of drug-likeness (QED) is 0.645. The highest BCUT2D eigenvalue weighted by atomic mass is 16.5. The first-order valence-electron chi connectivity index (χ1n) is 7.24. The first-order valence-corrected chi connectivity index (χ1v) is 7.24. The third-order valence-corrected chi connectivity index (χ3v) is 3.94. The van der Waals surface area contributed by atoms with Crippen molar-refractivity contribution in [2.24, 2.45) is 5.84 Å². The number of nitrogens with two attached hydrogens (primary N) is 1. The van der Waals surface area contributed by atoms with Crippen LogP contribution >= 0.6 is 0 Å². The van der Waals surface area contributed by atoms with Crippen LogP contribution in [-0.2, 0) is 4.74 Å². The van der Waals surface area contributed by atoms with Gasteiger partial charge in [0.1, 0.15) is 17.5 Å². The van der Waals surface area contributed by atoms with E-state index >= 15 is 0 Å². The Labute approximate surface area is 119 Å². The Morgan fingerprint density at radius 2 is 2.10 bits per heavy atom. The molecular formula is C14H23N5O. The molecule has 2 heterocycles. The Bertz CT molecular complexity index is 513. The van der Waals surface area contributed by atoms with Crippen LogP contribution in [0.2, 0.25) is 0 Å². The molecule has 20 heavy (non-hydrogen) atoms. The molecule has 1 aromatic rings. The van der Waals surface area contributed by atoms with E-state index in [9.17, 15) is 0 Å². The minimum Gasteiger partial charge on any atom is -0.372 e. The Hall–Kier alpha value is -1.40. The zero-order valence-corrected chi connectivity index (χ0v) is 12.4. The van der Waals surface area contributed by atoms with Crippen molar-refractivity contribution in [3.05, 3.63) is 11.4 Å². The molecule has 1 aliphatic carbocycles. The monoisotopic (exact) mass is 277 g/mol. The zero-order chi connectivity index (χ0) is 14.3. The van der Waals surface area contributed by atoms with Gasteiger partial charge < -0.3 is 15.1 Å². The molecule has 0 amide bonds. The van der Waals surface area contributed by atoms with E-state index in [1.54, 1.807) is 0 Å². The summed E-state index contributed by atoms with van der Waals surface area (Å²) in [4.78, 5) is 11.6. The van der Waals surface area contributed by atoms with E-state index < -0.39 is 0 Å². The lowest BCUT2D eigenvalue weighted by molar-refractivity contribution is -0.0279. The van der Waals surface area contributed by atoms with E-state index in [4.69, 9.17) is 15.6 Å². The predicted molar refractivity (Wildman–Crippen MR) is 78.8 cm³/mol. The molecular weight excluding hydrogens is 254 g/mol. The van der Waals surface area contributed by atoms with Crippen molar-refractivity contribution >= 4 is 11.6 Å². The minimum atomic E-state index is -0.147. The number of hydrogen-bond acceptors (Lipinski definition) is 6. The predicted octanol–water partition coefficient (Wildman–Crippen LogP) is 1.56. The molecule has 0 atom stereocenters. The molecule has 0 bridgehead atoms. The normalized spacial score (nSPS) is 21.9. The summed E-state index contributed by atoms with van der Waals surface area (Å²) < 4.78 is 5.78. The zero-order valence-electron chi connectivity index (χ0n) is 12.4. The molecule has 6 heteroatoms. The highest BCUT2D eigenvalue weighted by Crippen LogP contribution is 2.40. The van der Waals surface area contributed by atoms with Gasteiger partial charge in [0.2, 0.25) is 0 Å². The van der Waals surface area contributed by atoms with Crippen molar-refractivity contribution in [1.82, 2.24) is 9.97 Å². The molecule has 0 unspecified atom stereocenters. The number of ether oxygens (including phenoxy) is 1. The van der Waals surface area contributed by atoms with Gasteiger partial charge in [-0.2, -0.15) is 0 Å². The lowest BCUT2D eigenvalue weighted by Crippen LogP contribution is -2.49. The molecule has 0 spiro atoms. The van der Waals surface area contributed by atoms with Crippen molar-refractivity contribution in [2.45, 2.75) is 45.1 Å². The number of hydrazine groups is 1. The van der Waals surface area contributed by atoms with Gasteiger partial charge in [-0.15, -0.1) is 0 Å². The average molecular weight is 277 g/mol. The highest BCUT2D eigenvalue weighted by Gasteiger charge is 2.32. The fourth-order valence-corrected chi connectivity index (χ4v) is 2.69. The van der Waals surface area contributed by atoms with Gasteiger partial charge in [0, 0.05) is 24.6 Å². The summed E-state index contributed by atoms with van der Waals surface area (Å²) in [5, 5.41) is 0. The van der Waals surface area contributed by atoms with Crippen LogP contribution in [0, 0.1) is 6.92 Å². The maximum absolute atomic E-state index is 5.78. The molecule has 3 N–H and O–H groups in total. The van der Waals surface area contributed by atoms with E-state index in [2.05, 4.69) is 29.2 Å². The van der Waals surface area contributed by atoms with Crippen molar-refractivity contribution in [1.29, 1.82) is 0 Å². The van der Waals surface area contributed by atoms with Crippen LogP contribution in [0.1, 0.15) is 44.0 Å². The average Bonchev–Trinajstić information content (AvgIpc) is 3.22.